The number of halogens is 1. The summed E-state index contributed by atoms with van der Waals surface area (Å²) in [6.45, 7) is 4.05. The quantitative estimate of drug-likeness (QED) is 0.848. The summed E-state index contributed by atoms with van der Waals surface area (Å²) in [7, 11) is -3.81. The predicted octanol–water partition coefficient (Wildman–Crippen LogP) is 2.37. The summed E-state index contributed by atoms with van der Waals surface area (Å²) in [5, 5.41) is 14.1. The molecule has 0 saturated heterocycles. The van der Waals surface area contributed by atoms with Crippen LogP contribution in [0.25, 0.3) is 0 Å². The van der Waals surface area contributed by atoms with Crippen LogP contribution in [-0.2, 0) is 16.6 Å². The van der Waals surface area contributed by atoms with Crippen molar-refractivity contribution < 1.29 is 13.5 Å². The van der Waals surface area contributed by atoms with Crippen LogP contribution in [0.3, 0.4) is 0 Å². The van der Waals surface area contributed by atoms with Crippen molar-refractivity contribution in [2.45, 2.75) is 25.3 Å². The average molecular weight is 316 g/mol. The number of sulfonamides is 1. The van der Waals surface area contributed by atoms with E-state index in [4.69, 9.17) is 11.6 Å². The lowest BCUT2D eigenvalue weighted by Gasteiger charge is -2.10. The minimum Gasteiger partial charge on any atom is -0.505 e. The van der Waals surface area contributed by atoms with E-state index in [0.717, 1.165) is 0 Å². The van der Waals surface area contributed by atoms with E-state index in [1.807, 2.05) is 6.92 Å². The van der Waals surface area contributed by atoms with Gasteiger partial charge in [0, 0.05) is 17.8 Å². The lowest BCUT2D eigenvalue weighted by atomic mass is 10.2. The van der Waals surface area contributed by atoms with Gasteiger partial charge in [-0.1, -0.05) is 11.6 Å². The third kappa shape index (κ3) is 2.88. The second kappa shape index (κ2) is 5.34. The van der Waals surface area contributed by atoms with Crippen LogP contribution < -0.4 is 4.72 Å². The summed E-state index contributed by atoms with van der Waals surface area (Å²) in [6.07, 6.45) is 2.66. The number of hydrogen-bond donors (Lipinski definition) is 2. The zero-order chi connectivity index (χ0) is 14.9. The number of aromatic hydroxyl groups is 1. The van der Waals surface area contributed by atoms with Crippen LogP contribution in [0.2, 0.25) is 5.02 Å². The first kappa shape index (κ1) is 14.7. The number of anilines is 1. The standard InChI is InChI=1S/C12H14ClN3O3S/c1-3-16-7-10(6-14-16)20(18,19)15-11-5-9(13)4-8(2)12(11)17/h4-7,15,17H,3H2,1-2H3. The fourth-order valence-electron chi connectivity index (χ4n) is 1.67. The topological polar surface area (TPSA) is 84.2 Å². The second-order valence-corrected chi connectivity index (χ2v) is 6.37. The molecule has 0 atom stereocenters. The number of phenolic OH excluding ortho intramolecular Hbond substituents is 1. The van der Waals surface area contributed by atoms with Gasteiger partial charge in [0.2, 0.25) is 0 Å². The van der Waals surface area contributed by atoms with E-state index in [9.17, 15) is 13.5 Å². The van der Waals surface area contributed by atoms with Crippen molar-refractivity contribution in [1.29, 1.82) is 0 Å². The van der Waals surface area contributed by atoms with E-state index in [-0.39, 0.29) is 16.3 Å². The molecule has 2 N–H and O–H groups in total. The number of phenols is 1. The van der Waals surface area contributed by atoms with Crippen molar-refractivity contribution in [3.8, 4) is 5.75 Å². The van der Waals surface area contributed by atoms with Crippen LogP contribution in [0.1, 0.15) is 12.5 Å². The van der Waals surface area contributed by atoms with Gasteiger partial charge >= 0.3 is 0 Å². The first-order valence-corrected chi connectivity index (χ1v) is 7.74. The number of hydrogen-bond acceptors (Lipinski definition) is 4. The monoisotopic (exact) mass is 315 g/mol. The molecule has 1 aromatic carbocycles. The van der Waals surface area contributed by atoms with Gasteiger partial charge in [-0.05, 0) is 31.5 Å². The molecule has 0 aliphatic heterocycles. The Morgan fingerprint density at radius 1 is 1.45 bits per heavy atom. The average Bonchev–Trinajstić information content (AvgIpc) is 2.84. The van der Waals surface area contributed by atoms with Crippen LogP contribution in [0, 0.1) is 6.92 Å². The molecular formula is C12H14ClN3O3S. The van der Waals surface area contributed by atoms with Crippen LogP contribution >= 0.6 is 11.6 Å². The molecule has 0 amide bonds. The van der Waals surface area contributed by atoms with E-state index >= 15 is 0 Å². The molecule has 6 nitrogen and oxygen atoms in total. The summed E-state index contributed by atoms with van der Waals surface area (Å²) in [5.41, 5.74) is 0.527. The van der Waals surface area contributed by atoms with E-state index in [0.29, 0.717) is 17.1 Å². The number of nitrogens with zero attached hydrogens (tertiary/aromatic N) is 2. The van der Waals surface area contributed by atoms with Gasteiger partial charge in [0.1, 0.15) is 10.6 Å². The zero-order valence-corrected chi connectivity index (χ0v) is 12.5. The SMILES string of the molecule is CCn1cc(S(=O)(=O)Nc2cc(Cl)cc(C)c2O)cn1. The van der Waals surface area contributed by atoms with Crippen LogP contribution in [-0.4, -0.2) is 23.3 Å². The molecule has 20 heavy (non-hydrogen) atoms. The van der Waals surface area contributed by atoms with E-state index in [2.05, 4.69) is 9.82 Å². The summed E-state index contributed by atoms with van der Waals surface area (Å²) in [5.74, 6) is -0.152. The third-order valence-electron chi connectivity index (χ3n) is 2.75. The Morgan fingerprint density at radius 3 is 2.75 bits per heavy atom. The minimum atomic E-state index is -3.81. The second-order valence-electron chi connectivity index (χ2n) is 4.26. The minimum absolute atomic E-state index is 0.0244. The Hall–Kier alpha value is -1.73. The number of aromatic nitrogens is 2. The Kier molecular flexibility index (Phi) is 3.92. The van der Waals surface area contributed by atoms with Crippen molar-refractivity contribution >= 4 is 27.3 Å². The fourth-order valence-corrected chi connectivity index (χ4v) is 2.96. The van der Waals surface area contributed by atoms with Gasteiger partial charge in [-0.25, -0.2) is 8.42 Å². The normalized spacial score (nSPS) is 11.6. The van der Waals surface area contributed by atoms with Crippen molar-refractivity contribution in [2.75, 3.05) is 4.72 Å². The molecule has 1 aromatic heterocycles. The maximum absolute atomic E-state index is 12.2. The van der Waals surface area contributed by atoms with Crippen LogP contribution in [0.4, 0.5) is 5.69 Å². The van der Waals surface area contributed by atoms with Gasteiger partial charge in [0.25, 0.3) is 10.0 Å². The van der Waals surface area contributed by atoms with E-state index in [1.54, 1.807) is 13.0 Å². The maximum atomic E-state index is 12.2. The molecule has 0 fully saturated rings. The molecule has 8 heteroatoms. The predicted molar refractivity (Wildman–Crippen MR) is 76.6 cm³/mol. The lowest BCUT2D eigenvalue weighted by Crippen LogP contribution is -2.12. The smallest absolute Gasteiger partial charge is 0.265 e. The third-order valence-corrected chi connectivity index (χ3v) is 4.29. The summed E-state index contributed by atoms with van der Waals surface area (Å²) >= 11 is 5.86. The van der Waals surface area contributed by atoms with Crippen molar-refractivity contribution in [2.24, 2.45) is 0 Å². The number of benzene rings is 1. The fraction of sp³-hybridized carbons (Fsp3) is 0.250. The van der Waals surface area contributed by atoms with E-state index in [1.165, 1.54) is 23.1 Å². The maximum Gasteiger partial charge on any atom is 0.265 e. The Balaban J connectivity index is 2.38. The lowest BCUT2D eigenvalue weighted by molar-refractivity contribution is 0.473. The van der Waals surface area contributed by atoms with Gasteiger partial charge in [-0.15, -0.1) is 0 Å². The molecule has 2 aromatic rings. The van der Waals surface area contributed by atoms with Gasteiger partial charge in [-0.2, -0.15) is 5.10 Å². The molecule has 0 saturated carbocycles. The van der Waals surface area contributed by atoms with Crippen molar-refractivity contribution in [3.63, 3.8) is 0 Å². The highest BCUT2D eigenvalue weighted by atomic mass is 35.5. The molecule has 0 radical (unpaired) electrons. The molecule has 0 aliphatic carbocycles. The highest BCUT2D eigenvalue weighted by molar-refractivity contribution is 7.92. The molecule has 2 rings (SSSR count). The summed E-state index contributed by atoms with van der Waals surface area (Å²) in [6, 6.07) is 2.90. The Morgan fingerprint density at radius 2 is 2.15 bits per heavy atom. The highest BCUT2D eigenvalue weighted by Gasteiger charge is 2.19. The van der Waals surface area contributed by atoms with Gasteiger partial charge in [0.15, 0.2) is 0 Å². The Bertz CT molecular complexity index is 740. The number of rotatable bonds is 4. The van der Waals surface area contributed by atoms with Crippen molar-refractivity contribution in [1.82, 2.24) is 9.78 Å². The first-order valence-electron chi connectivity index (χ1n) is 5.88. The largest absolute Gasteiger partial charge is 0.505 e. The number of nitrogens with one attached hydrogen (secondary N) is 1. The molecule has 108 valence electrons. The first-order chi connectivity index (χ1) is 9.33. The molecule has 0 unspecified atom stereocenters. The number of aryl methyl sites for hydroxylation is 2. The molecule has 1 heterocycles. The van der Waals surface area contributed by atoms with Gasteiger partial charge < -0.3 is 5.11 Å². The zero-order valence-electron chi connectivity index (χ0n) is 11.0. The molecular weight excluding hydrogens is 302 g/mol. The van der Waals surface area contributed by atoms with Crippen LogP contribution in [0.15, 0.2) is 29.4 Å². The highest BCUT2D eigenvalue weighted by Crippen LogP contribution is 2.32. The summed E-state index contributed by atoms with van der Waals surface area (Å²) < 4.78 is 28.2. The van der Waals surface area contributed by atoms with Crippen LogP contribution in [0.5, 0.6) is 5.75 Å². The molecule has 0 spiro atoms. The van der Waals surface area contributed by atoms with Gasteiger partial charge in [-0.3, -0.25) is 9.40 Å². The Labute approximate surface area is 122 Å². The van der Waals surface area contributed by atoms with Crippen molar-refractivity contribution in [3.05, 3.63) is 35.1 Å². The molecule has 0 aliphatic rings. The van der Waals surface area contributed by atoms with E-state index < -0.39 is 10.0 Å². The van der Waals surface area contributed by atoms with Gasteiger partial charge in [0.05, 0.1) is 11.9 Å². The summed E-state index contributed by atoms with van der Waals surface area (Å²) in [4.78, 5) is 0.0244. The molecule has 0 bridgehead atoms.